The molecule has 4 aliphatic rings. The molecule has 4 amide bonds. The van der Waals surface area contributed by atoms with Crippen molar-refractivity contribution in [3.63, 3.8) is 0 Å². The van der Waals surface area contributed by atoms with Crippen LogP contribution in [0.4, 0.5) is 30.2 Å². The Morgan fingerprint density at radius 1 is 0.635 bits per heavy atom. The molecule has 0 aliphatic carbocycles. The van der Waals surface area contributed by atoms with Gasteiger partial charge in [0.25, 0.3) is 23.6 Å². The summed E-state index contributed by atoms with van der Waals surface area (Å²) >= 11 is 0. The van der Waals surface area contributed by atoms with Gasteiger partial charge in [0, 0.05) is 72.4 Å². The summed E-state index contributed by atoms with van der Waals surface area (Å²) in [5, 5.41) is 0. The maximum atomic E-state index is 14.5. The van der Waals surface area contributed by atoms with Gasteiger partial charge in [-0.25, -0.2) is 0 Å². The monoisotopic (exact) mass is 1090 g/mol. The van der Waals surface area contributed by atoms with Crippen LogP contribution in [0.3, 0.4) is 0 Å². The first-order valence-corrected chi connectivity index (χ1v) is 33.0. The minimum absolute atomic E-state index is 0.0712. The van der Waals surface area contributed by atoms with Gasteiger partial charge in [-0.15, -0.1) is 0 Å². The van der Waals surface area contributed by atoms with Gasteiger partial charge in [0.2, 0.25) is 0 Å². The smallest absolute Gasteiger partial charge is 0.493 e. The van der Waals surface area contributed by atoms with E-state index >= 15 is 0 Å². The van der Waals surface area contributed by atoms with E-state index in [2.05, 4.69) is 43.5 Å². The van der Waals surface area contributed by atoms with E-state index in [1.54, 1.807) is 30.5 Å². The number of hydrogen-bond acceptors (Lipinski definition) is 14. The molecule has 4 heterocycles. The standard InChI is InChI=1S/C50H64F3N5O13SSi2/c1-65-42-24-36-38(57(30-67-18-20-73(3,4)5)48(61)40-22-33(28-55(40)46(36)59)32-12-14-34(54)15-13-32)26-44(42)69-16-10-9-11-17-70-45-27-39-37(25-43(45)66-2)47(60)56-29-35(71-72(63,64)50(51,52)53)23-41(56)49(62)58(39)31-68-19-21-74(6,7)8/h12-15,24-29,40-41H,9-11,16-23,30-31,54H2,1-8H3/t40-,41-/m0/s1. The Hall–Kier alpha value is -6.09. The number of amides is 4. The van der Waals surface area contributed by atoms with E-state index in [0.717, 1.165) is 34.3 Å². The number of benzene rings is 3. The van der Waals surface area contributed by atoms with Crippen molar-refractivity contribution in [2.24, 2.45) is 0 Å². The average Bonchev–Trinajstić information content (AvgIpc) is 3.94. The fourth-order valence-corrected chi connectivity index (χ4v) is 10.5. The number of nitrogen functional groups attached to an aromatic ring is 1. The number of hydrogen-bond donors (Lipinski definition) is 1. The van der Waals surface area contributed by atoms with Crippen molar-refractivity contribution in [1.82, 2.24) is 9.80 Å². The van der Waals surface area contributed by atoms with Gasteiger partial charge in [-0.2, -0.15) is 21.6 Å². The summed E-state index contributed by atoms with van der Waals surface area (Å²) in [6.45, 7) is 13.9. The van der Waals surface area contributed by atoms with Gasteiger partial charge in [-0.1, -0.05) is 51.4 Å². The molecule has 2 atom stereocenters. The lowest BCUT2D eigenvalue weighted by Crippen LogP contribution is -2.45. The zero-order valence-corrected chi connectivity index (χ0v) is 45.7. The van der Waals surface area contributed by atoms with Crippen LogP contribution in [-0.4, -0.2) is 130 Å². The first kappa shape index (κ1) is 55.7. The first-order valence-electron chi connectivity index (χ1n) is 24.2. The third-order valence-electron chi connectivity index (χ3n) is 12.8. The second kappa shape index (κ2) is 22.4. The van der Waals surface area contributed by atoms with E-state index in [4.69, 9.17) is 34.2 Å². The zero-order valence-electron chi connectivity index (χ0n) is 42.8. The fraction of sp³-hybridized carbons (Fsp3) is 0.480. The normalized spacial score (nSPS) is 18.0. The van der Waals surface area contributed by atoms with Gasteiger partial charge in [-0.05, 0) is 66.8 Å². The molecule has 0 fully saturated rings. The SMILES string of the molecule is COc1cc2c(cc1OCCCCCOc1cc3c(cc1OC)C(=O)N1C=C(c4ccc(N)cc4)C[C@H]1C(=O)N3COCC[Si](C)(C)C)N(COCC[Si](C)(C)C)C(=O)[C@@H]1CC(OS(=O)(=O)C(F)(F)F)=CN1C2=O. The lowest BCUT2D eigenvalue weighted by atomic mass is 10.0. The third kappa shape index (κ3) is 12.7. The Labute approximate surface area is 431 Å². The minimum Gasteiger partial charge on any atom is -0.493 e. The van der Waals surface area contributed by atoms with Crippen LogP contribution in [0.2, 0.25) is 51.4 Å². The number of nitrogens with two attached hydrogens (primary N) is 1. The lowest BCUT2D eigenvalue weighted by Gasteiger charge is -2.27. The number of unbranched alkanes of at least 4 members (excludes halogenated alkanes) is 2. The highest BCUT2D eigenvalue weighted by atomic mass is 32.2. The number of fused-ring (bicyclic) bond motifs is 4. The summed E-state index contributed by atoms with van der Waals surface area (Å²) in [6.07, 6.45) is 3.85. The molecular weight excluding hydrogens is 1020 g/mol. The number of alkyl halides is 3. The van der Waals surface area contributed by atoms with E-state index < -0.39 is 67.9 Å². The zero-order chi connectivity index (χ0) is 53.9. The molecule has 3 aromatic rings. The number of carbonyl (C=O) groups is 4. The predicted molar refractivity (Wildman–Crippen MR) is 276 cm³/mol. The number of methoxy groups -OCH3 is 2. The summed E-state index contributed by atoms with van der Waals surface area (Å²) in [4.78, 5) is 62.1. The van der Waals surface area contributed by atoms with Crippen molar-refractivity contribution < 1.29 is 73.4 Å². The van der Waals surface area contributed by atoms with Gasteiger partial charge in [-0.3, -0.25) is 33.9 Å². The molecule has 24 heteroatoms. The van der Waals surface area contributed by atoms with Crippen LogP contribution in [0.1, 0.15) is 58.4 Å². The Balaban J connectivity index is 1.04. The molecule has 0 bridgehead atoms. The molecule has 18 nitrogen and oxygen atoms in total. The summed E-state index contributed by atoms with van der Waals surface area (Å²) < 4.78 is 104. The number of anilines is 3. The van der Waals surface area contributed by atoms with Crippen LogP contribution in [0.5, 0.6) is 23.0 Å². The van der Waals surface area contributed by atoms with Crippen LogP contribution in [0.25, 0.3) is 5.57 Å². The topological polar surface area (TPSA) is 206 Å². The van der Waals surface area contributed by atoms with Crippen molar-refractivity contribution >= 4 is 72.5 Å². The van der Waals surface area contributed by atoms with Crippen LogP contribution < -0.4 is 34.5 Å². The molecule has 3 aromatic carbocycles. The second-order valence-corrected chi connectivity index (χ2v) is 33.5. The molecule has 0 saturated carbocycles. The number of ether oxygens (including phenoxy) is 6. The largest absolute Gasteiger partial charge is 0.534 e. The quantitative estimate of drug-likeness (QED) is 0.0311. The predicted octanol–water partition coefficient (Wildman–Crippen LogP) is 8.41. The van der Waals surface area contributed by atoms with Crippen LogP contribution in [0.15, 0.2) is 66.7 Å². The summed E-state index contributed by atoms with van der Waals surface area (Å²) in [6, 6.07) is 12.7. The van der Waals surface area contributed by atoms with E-state index in [0.29, 0.717) is 55.2 Å². The minimum atomic E-state index is -6.08. The van der Waals surface area contributed by atoms with Crippen molar-refractivity contribution in [2.75, 3.05) is 69.6 Å². The maximum Gasteiger partial charge on any atom is 0.534 e. The van der Waals surface area contributed by atoms with Crippen molar-refractivity contribution in [3.8, 4) is 23.0 Å². The van der Waals surface area contributed by atoms with Gasteiger partial charge in [0.05, 0.1) is 49.9 Å². The third-order valence-corrected chi connectivity index (χ3v) is 17.2. The summed E-state index contributed by atoms with van der Waals surface area (Å²) in [5.41, 5.74) is 3.09. The van der Waals surface area contributed by atoms with Crippen LogP contribution in [0, 0.1) is 0 Å². The Kier molecular flexibility index (Phi) is 16.9. The highest BCUT2D eigenvalue weighted by molar-refractivity contribution is 7.87. The Morgan fingerprint density at radius 2 is 1.09 bits per heavy atom. The Morgan fingerprint density at radius 3 is 1.54 bits per heavy atom. The summed E-state index contributed by atoms with van der Waals surface area (Å²) in [5.74, 6) is -2.03. The van der Waals surface area contributed by atoms with Gasteiger partial charge in [0.15, 0.2) is 23.0 Å². The van der Waals surface area contributed by atoms with E-state index in [1.165, 1.54) is 41.1 Å². The fourth-order valence-electron chi connectivity index (χ4n) is 8.54. The number of rotatable bonds is 23. The molecule has 0 saturated heterocycles. The first-order chi connectivity index (χ1) is 34.8. The molecule has 0 unspecified atom stereocenters. The highest BCUT2D eigenvalue weighted by Crippen LogP contribution is 2.44. The molecule has 4 aliphatic heterocycles. The molecule has 402 valence electrons. The lowest BCUT2D eigenvalue weighted by molar-refractivity contribution is -0.123. The van der Waals surface area contributed by atoms with E-state index in [1.807, 2.05) is 12.1 Å². The number of halogens is 3. The average molecular weight is 1090 g/mol. The van der Waals surface area contributed by atoms with Crippen LogP contribution in [-0.2, 0) is 33.4 Å². The molecule has 7 rings (SSSR count). The number of carbonyl (C=O) groups excluding carboxylic acids is 4. The highest BCUT2D eigenvalue weighted by Gasteiger charge is 2.51. The molecule has 2 N–H and O–H groups in total. The van der Waals surface area contributed by atoms with Gasteiger partial charge in [0.1, 0.15) is 31.3 Å². The molecule has 0 spiro atoms. The van der Waals surface area contributed by atoms with Gasteiger partial charge >= 0.3 is 15.6 Å². The molecule has 0 radical (unpaired) electrons. The van der Waals surface area contributed by atoms with E-state index in [-0.39, 0.29) is 73.4 Å². The van der Waals surface area contributed by atoms with Crippen LogP contribution >= 0.6 is 0 Å². The number of nitrogens with zero attached hydrogens (tertiary/aromatic N) is 4. The van der Waals surface area contributed by atoms with Crippen molar-refractivity contribution in [3.05, 3.63) is 83.4 Å². The molecular formula is C50H64F3N5O13SSi2. The summed E-state index contributed by atoms with van der Waals surface area (Å²) in [7, 11) is -6.30. The Bertz CT molecular complexity index is 2800. The maximum absolute atomic E-state index is 14.5. The van der Waals surface area contributed by atoms with Crippen molar-refractivity contribution in [2.45, 2.75) is 101 Å². The molecule has 74 heavy (non-hydrogen) atoms. The van der Waals surface area contributed by atoms with E-state index in [9.17, 15) is 40.8 Å². The van der Waals surface area contributed by atoms with Gasteiger partial charge < -0.3 is 43.2 Å². The second-order valence-electron chi connectivity index (χ2n) is 20.7. The van der Waals surface area contributed by atoms with Crippen molar-refractivity contribution in [1.29, 1.82) is 0 Å². The molecule has 0 aromatic heterocycles.